The Balaban J connectivity index is 1.73. The van der Waals surface area contributed by atoms with Crippen LogP contribution >= 0.6 is 11.8 Å². The number of likely N-dealkylation sites (tertiary alicyclic amines) is 1. The van der Waals surface area contributed by atoms with E-state index in [1.807, 2.05) is 12.1 Å². The number of carbonyl (C=O) groups is 1. The van der Waals surface area contributed by atoms with Crippen LogP contribution in [0.15, 0.2) is 29.7 Å². The number of aromatic nitrogens is 4. The number of piperidine rings is 1. The lowest BCUT2D eigenvalue weighted by Gasteiger charge is -2.39. The van der Waals surface area contributed by atoms with E-state index in [1.165, 1.54) is 18.2 Å². The van der Waals surface area contributed by atoms with Crippen LogP contribution in [0.25, 0.3) is 11.4 Å². The molecular formula is C19H27N5OS. The summed E-state index contributed by atoms with van der Waals surface area (Å²) in [4.78, 5) is 19.0. The van der Waals surface area contributed by atoms with Gasteiger partial charge >= 0.3 is 0 Å². The molecule has 7 heteroatoms. The van der Waals surface area contributed by atoms with Gasteiger partial charge in [-0.2, -0.15) is 0 Å². The van der Waals surface area contributed by atoms with Gasteiger partial charge in [-0.25, -0.2) is 0 Å². The first-order valence-electron chi connectivity index (χ1n) is 9.39. The van der Waals surface area contributed by atoms with E-state index in [-0.39, 0.29) is 5.91 Å². The molecule has 3 heterocycles. The number of amides is 1. The smallest absolute Gasteiger partial charge is 0.233 e. The largest absolute Gasteiger partial charge is 0.337 e. The molecule has 1 aliphatic heterocycles. The average molecular weight is 374 g/mol. The zero-order valence-electron chi connectivity index (χ0n) is 15.8. The molecule has 26 heavy (non-hydrogen) atoms. The number of carbonyl (C=O) groups excluding carboxylic acids is 1. The third-order valence-electron chi connectivity index (χ3n) is 4.89. The van der Waals surface area contributed by atoms with E-state index < -0.39 is 0 Å². The van der Waals surface area contributed by atoms with E-state index in [1.54, 1.807) is 12.4 Å². The van der Waals surface area contributed by atoms with Gasteiger partial charge in [-0.1, -0.05) is 18.7 Å². The lowest BCUT2D eigenvalue weighted by atomic mass is 9.98. The second-order valence-corrected chi connectivity index (χ2v) is 7.86. The Labute approximate surface area is 159 Å². The fraction of sp³-hybridized carbons (Fsp3) is 0.579. The first-order chi connectivity index (χ1) is 12.6. The third-order valence-corrected chi connectivity index (χ3v) is 5.84. The molecule has 1 aliphatic rings. The number of hydrogen-bond acceptors (Lipinski definition) is 5. The van der Waals surface area contributed by atoms with Crippen LogP contribution in [-0.2, 0) is 11.3 Å². The maximum absolute atomic E-state index is 12.8. The van der Waals surface area contributed by atoms with Gasteiger partial charge < -0.3 is 9.47 Å². The molecule has 2 aromatic heterocycles. The molecular weight excluding hydrogens is 346 g/mol. The van der Waals surface area contributed by atoms with Gasteiger partial charge in [0.2, 0.25) is 5.91 Å². The van der Waals surface area contributed by atoms with Crippen molar-refractivity contribution in [2.45, 2.75) is 70.2 Å². The van der Waals surface area contributed by atoms with Gasteiger partial charge in [-0.05, 0) is 51.7 Å². The number of nitrogens with zero attached hydrogens (tertiary/aromatic N) is 5. The van der Waals surface area contributed by atoms with Gasteiger partial charge in [0.15, 0.2) is 11.0 Å². The highest BCUT2D eigenvalue weighted by atomic mass is 32.2. The Morgan fingerprint density at radius 3 is 2.69 bits per heavy atom. The second-order valence-electron chi connectivity index (χ2n) is 6.92. The maximum atomic E-state index is 12.8. The van der Waals surface area contributed by atoms with Crippen LogP contribution in [0.3, 0.4) is 0 Å². The molecule has 0 aliphatic carbocycles. The van der Waals surface area contributed by atoms with E-state index in [0.717, 1.165) is 42.4 Å². The van der Waals surface area contributed by atoms with Crippen molar-refractivity contribution in [2.24, 2.45) is 0 Å². The molecule has 0 bridgehead atoms. The Morgan fingerprint density at radius 2 is 2.04 bits per heavy atom. The number of rotatable bonds is 6. The molecule has 0 N–H and O–H groups in total. The highest BCUT2D eigenvalue weighted by molar-refractivity contribution is 7.99. The van der Waals surface area contributed by atoms with Crippen LogP contribution < -0.4 is 0 Å². The minimum atomic E-state index is 0.198. The molecule has 1 fully saturated rings. The van der Waals surface area contributed by atoms with Gasteiger partial charge in [-0.3, -0.25) is 9.78 Å². The fourth-order valence-corrected chi connectivity index (χ4v) is 4.48. The molecule has 140 valence electrons. The first-order valence-corrected chi connectivity index (χ1v) is 10.4. The number of pyridine rings is 1. The van der Waals surface area contributed by atoms with Crippen molar-refractivity contribution >= 4 is 17.7 Å². The van der Waals surface area contributed by atoms with E-state index in [2.05, 4.69) is 45.4 Å². The van der Waals surface area contributed by atoms with Crippen LogP contribution in [0.4, 0.5) is 0 Å². The van der Waals surface area contributed by atoms with Crippen molar-refractivity contribution in [1.82, 2.24) is 24.6 Å². The monoisotopic (exact) mass is 373 g/mol. The van der Waals surface area contributed by atoms with Crippen molar-refractivity contribution in [2.75, 3.05) is 5.75 Å². The highest BCUT2D eigenvalue weighted by Crippen LogP contribution is 2.27. The van der Waals surface area contributed by atoms with Crippen molar-refractivity contribution in [3.63, 3.8) is 0 Å². The lowest BCUT2D eigenvalue weighted by molar-refractivity contribution is -0.134. The first kappa shape index (κ1) is 18.9. The molecule has 2 aromatic rings. The summed E-state index contributed by atoms with van der Waals surface area (Å²) in [6, 6.07) is 4.54. The molecule has 0 spiro atoms. The number of hydrogen-bond donors (Lipinski definition) is 0. The van der Waals surface area contributed by atoms with Gasteiger partial charge in [0.05, 0.1) is 5.75 Å². The standard InChI is InChI=1S/C19H27N5OS/c1-4-11-23-18(16-9-6-10-20-12-16)21-22-19(23)26-13-17(25)24-14(2)7-5-8-15(24)3/h6,9-10,12,14-15H,4-5,7-8,11,13H2,1-3H3/t14-,15+. The Bertz CT molecular complexity index is 723. The lowest BCUT2D eigenvalue weighted by Crippen LogP contribution is -2.48. The van der Waals surface area contributed by atoms with E-state index in [0.29, 0.717) is 17.8 Å². The molecule has 0 aromatic carbocycles. The summed E-state index contributed by atoms with van der Waals surface area (Å²) in [5, 5.41) is 9.50. The molecule has 6 nitrogen and oxygen atoms in total. The number of thioether (sulfide) groups is 1. The summed E-state index contributed by atoms with van der Waals surface area (Å²) in [6.45, 7) is 7.25. The van der Waals surface area contributed by atoms with Crippen molar-refractivity contribution in [3.05, 3.63) is 24.5 Å². The Kier molecular flexibility index (Phi) is 6.29. The zero-order valence-corrected chi connectivity index (χ0v) is 16.6. The summed E-state index contributed by atoms with van der Waals surface area (Å²) < 4.78 is 2.10. The molecule has 1 saturated heterocycles. The molecule has 0 unspecified atom stereocenters. The van der Waals surface area contributed by atoms with Crippen molar-refractivity contribution in [1.29, 1.82) is 0 Å². The second kappa shape index (κ2) is 8.66. The summed E-state index contributed by atoms with van der Waals surface area (Å²) in [6.07, 6.45) is 7.92. The van der Waals surface area contributed by atoms with Gasteiger partial charge in [0.25, 0.3) is 0 Å². The van der Waals surface area contributed by atoms with Crippen molar-refractivity contribution in [3.8, 4) is 11.4 Å². The quantitative estimate of drug-likeness (QED) is 0.724. The summed E-state index contributed by atoms with van der Waals surface area (Å²) in [5.74, 6) is 1.42. The molecule has 1 amide bonds. The normalized spacial score (nSPS) is 20.3. The third kappa shape index (κ3) is 4.09. The predicted octanol–water partition coefficient (Wildman–Crippen LogP) is 3.63. The van der Waals surface area contributed by atoms with Gasteiger partial charge in [-0.15, -0.1) is 10.2 Å². The maximum Gasteiger partial charge on any atom is 0.233 e. The minimum Gasteiger partial charge on any atom is -0.337 e. The van der Waals surface area contributed by atoms with E-state index in [4.69, 9.17) is 0 Å². The van der Waals surface area contributed by atoms with Crippen molar-refractivity contribution < 1.29 is 4.79 Å². The predicted molar refractivity (Wildman–Crippen MR) is 104 cm³/mol. The minimum absolute atomic E-state index is 0.198. The molecule has 3 rings (SSSR count). The molecule has 0 saturated carbocycles. The van der Waals surface area contributed by atoms with Crippen LogP contribution in [0.5, 0.6) is 0 Å². The SMILES string of the molecule is CCCn1c(SCC(=O)N2[C@H](C)CCC[C@@H]2C)nnc1-c1cccnc1. The fourth-order valence-electron chi connectivity index (χ4n) is 3.64. The average Bonchev–Trinajstić information content (AvgIpc) is 3.03. The molecule has 2 atom stereocenters. The van der Waals surface area contributed by atoms with Crippen LogP contribution in [0.1, 0.15) is 46.5 Å². The van der Waals surface area contributed by atoms with Gasteiger partial charge in [0, 0.05) is 36.6 Å². The van der Waals surface area contributed by atoms with Crippen LogP contribution in [-0.4, -0.2) is 48.4 Å². The summed E-state index contributed by atoms with van der Waals surface area (Å²) in [5.41, 5.74) is 0.949. The summed E-state index contributed by atoms with van der Waals surface area (Å²) >= 11 is 1.49. The van der Waals surface area contributed by atoms with Crippen LogP contribution in [0, 0.1) is 0 Å². The highest BCUT2D eigenvalue weighted by Gasteiger charge is 2.29. The van der Waals surface area contributed by atoms with E-state index in [9.17, 15) is 4.79 Å². The summed E-state index contributed by atoms with van der Waals surface area (Å²) in [7, 11) is 0. The molecule has 0 radical (unpaired) electrons. The van der Waals surface area contributed by atoms with Gasteiger partial charge in [0.1, 0.15) is 0 Å². The zero-order chi connectivity index (χ0) is 18.5. The van der Waals surface area contributed by atoms with E-state index >= 15 is 0 Å². The topological polar surface area (TPSA) is 63.9 Å². The Hall–Kier alpha value is -1.89. The van der Waals surface area contributed by atoms with Crippen LogP contribution in [0.2, 0.25) is 0 Å². The Morgan fingerprint density at radius 1 is 1.27 bits per heavy atom.